The number of likely N-dealkylation sites (N-methyl/N-ethyl adjacent to an activating group) is 1. The molecular weight excluding hydrogens is 401 g/mol. The van der Waals surface area contributed by atoms with Crippen molar-refractivity contribution in [2.45, 2.75) is 12.1 Å². The van der Waals surface area contributed by atoms with Crippen LogP contribution in [0.3, 0.4) is 0 Å². The highest BCUT2D eigenvalue weighted by Gasteiger charge is 2.33. The molecule has 7 heteroatoms. The van der Waals surface area contributed by atoms with Crippen molar-refractivity contribution in [3.8, 4) is 5.75 Å². The first-order valence-electron chi connectivity index (χ1n) is 9.54. The Morgan fingerprint density at radius 1 is 1.27 bits per heavy atom. The molecule has 0 spiro atoms. The fraction of sp³-hybridized carbons (Fsp3) is 0.217. The van der Waals surface area contributed by atoms with E-state index in [9.17, 15) is 9.18 Å². The van der Waals surface area contributed by atoms with Crippen LogP contribution in [-0.4, -0.2) is 44.3 Å². The first kappa shape index (κ1) is 20.3. The van der Waals surface area contributed by atoms with E-state index in [1.54, 1.807) is 25.3 Å². The van der Waals surface area contributed by atoms with Crippen LogP contribution in [0.4, 0.5) is 10.1 Å². The number of benzene rings is 2. The molecule has 0 saturated heterocycles. The molecule has 0 bridgehead atoms. The Hall–Kier alpha value is -3.03. The summed E-state index contributed by atoms with van der Waals surface area (Å²) in [7, 11) is 3.52. The van der Waals surface area contributed by atoms with E-state index < -0.39 is 6.04 Å². The summed E-state index contributed by atoms with van der Waals surface area (Å²) in [5.74, 6) is 0.283. The van der Waals surface area contributed by atoms with Gasteiger partial charge in [0.25, 0.3) is 0 Å². The lowest BCUT2D eigenvalue weighted by Crippen LogP contribution is -2.52. The number of aliphatic imine (C=N–C) groups is 1. The topological polar surface area (TPSA) is 67.9 Å². The van der Waals surface area contributed by atoms with Gasteiger partial charge in [0.05, 0.1) is 36.3 Å². The van der Waals surface area contributed by atoms with Crippen molar-refractivity contribution in [3.05, 3.63) is 81.8 Å². The number of methoxy groups -OCH3 is 1. The van der Waals surface area contributed by atoms with Crippen molar-refractivity contribution in [1.29, 1.82) is 0 Å². The highest BCUT2D eigenvalue weighted by molar-refractivity contribution is 7.12. The Balaban J connectivity index is 1.79. The van der Waals surface area contributed by atoms with Gasteiger partial charge in [0, 0.05) is 29.9 Å². The van der Waals surface area contributed by atoms with E-state index in [-0.39, 0.29) is 17.6 Å². The van der Waals surface area contributed by atoms with Crippen LogP contribution >= 0.6 is 11.3 Å². The molecule has 154 valence electrons. The molecule has 0 amide bonds. The van der Waals surface area contributed by atoms with E-state index in [0.717, 1.165) is 22.5 Å². The molecule has 4 rings (SSSR count). The molecule has 1 aliphatic heterocycles. The number of nitrogens with zero attached hydrogens (tertiary/aromatic N) is 2. The molecule has 3 aromatic rings. The predicted octanol–water partition coefficient (Wildman–Crippen LogP) is 3.76. The van der Waals surface area contributed by atoms with Gasteiger partial charge >= 0.3 is 0 Å². The Kier molecular flexibility index (Phi) is 5.65. The molecule has 2 N–H and O–H groups in total. The number of fused-ring (bicyclic) bond motifs is 1. The van der Waals surface area contributed by atoms with Gasteiger partial charge < -0.3 is 15.4 Å². The number of benzodiazepines with no additional fused rings is 1. The van der Waals surface area contributed by atoms with Gasteiger partial charge in [-0.05, 0) is 47.8 Å². The van der Waals surface area contributed by atoms with Gasteiger partial charge in [-0.1, -0.05) is 6.07 Å². The number of Topliss-reactive ketones (excluding diaryl/α,β-unsaturated/α-hetero) is 1. The lowest BCUT2D eigenvalue weighted by molar-refractivity contribution is 0.0954. The second-order valence-electron chi connectivity index (χ2n) is 7.12. The van der Waals surface area contributed by atoms with Crippen LogP contribution in [0.2, 0.25) is 0 Å². The van der Waals surface area contributed by atoms with Gasteiger partial charge in [0.15, 0.2) is 5.78 Å². The zero-order valence-electron chi connectivity index (χ0n) is 16.7. The van der Waals surface area contributed by atoms with E-state index in [4.69, 9.17) is 15.5 Å². The van der Waals surface area contributed by atoms with Crippen LogP contribution in [0, 0.1) is 5.82 Å². The standard InChI is InChI=1S/C23H22FN3O2S/c1-27-18-12-16(29-2)9-10-17(18)22(14-5-7-15(24)8-6-14)26-13-19(27)21(25)23(28)20-4-3-11-30-20/h3-12,19,21H,13,25H2,1-2H3. The molecule has 2 unspecified atom stereocenters. The molecule has 0 saturated carbocycles. The average Bonchev–Trinajstić information content (AvgIpc) is 3.26. The Morgan fingerprint density at radius 3 is 2.70 bits per heavy atom. The monoisotopic (exact) mass is 423 g/mol. The van der Waals surface area contributed by atoms with Crippen LogP contribution in [0.15, 0.2) is 65.0 Å². The number of ether oxygens (including phenoxy) is 1. The SMILES string of the molecule is COc1ccc2c(c1)N(C)C(C(N)C(=O)c1cccs1)CN=C2c1ccc(F)cc1. The largest absolute Gasteiger partial charge is 0.497 e. The highest BCUT2D eigenvalue weighted by atomic mass is 32.1. The second-order valence-corrected chi connectivity index (χ2v) is 8.07. The van der Waals surface area contributed by atoms with Crippen LogP contribution in [0.5, 0.6) is 5.75 Å². The third-order valence-corrected chi connectivity index (χ3v) is 6.26. The minimum atomic E-state index is -0.746. The predicted molar refractivity (Wildman–Crippen MR) is 119 cm³/mol. The number of thiophene rings is 1. The third kappa shape index (κ3) is 3.74. The number of carbonyl (C=O) groups is 1. The van der Waals surface area contributed by atoms with Crippen LogP contribution < -0.4 is 15.4 Å². The van der Waals surface area contributed by atoms with Gasteiger partial charge in [0.2, 0.25) is 0 Å². The van der Waals surface area contributed by atoms with Gasteiger partial charge in [-0.3, -0.25) is 9.79 Å². The number of hydrogen-bond acceptors (Lipinski definition) is 6. The van der Waals surface area contributed by atoms with Crippen molar-refractivity contribution in [1.82, 2.24) is 0 Å². The summed E-state index contributed by atoms with van der Waals surface area (Å²) >= 11 is 1.38. The summed E-state index contributed by atoms with van der Waals surface area (Å²) in [6.45, 7) is 0.332. The van der Waals surface area contributed by atoms with E-state index >= 15 is 0 Å². The van der Waals surface area contributed by atoms with Crippen molar-refractivity contribution in [2.75, 3.05) is 25.6 Å². The van der Waals surface area contributed by atoms with E-state index in [1.807, 2.05) is 41.6 Å². The lowest BCUT2D eigenvalue weighted by atomic mass is 9.99. The maximum atomic E-state index is 13.5. The van der Waals surface area contributed by atoms with Crippen LogP contribution in [0.1, 0.15) is 20.8 Å². The summed E-state index contributed by atoms with van der Waals surface area (Å²) in [5.41, 5.74) is 9.71. The number of ketones is 1. The number of hydrogen-bond donors (Lipinski definition) is 1. The van der Waals surface area contributed by atoms with E-state index in [1.165, 1.54) is 23.5 Å². The molecule has 0 radical (unpaired) electrons. The Labute approximate surface area is 178 Å². The minimum absolute atomic E-state index is 0.105. The number of halogens is 1. The summed E-state index contributed by atoms with van der Waals surface area (Å²) in [5, 5.41) is 1.86. The molecular formula is C23H22FN3O2S. The number of rotatable bonds is 5. The van der Waals surface area contributed by atoms with Gasteiger partial charge in [0.1, 0.15) is 11.6 Å². The smallest absolute Gasteiger partial charge is 0.191 e. The zero-order chi connectivity index (χ0) is 21.3. The molecule has 1 aromatic heterocycles. The summed E-state index contributed by atoms with van der Waals surface area (Å²) < 4.78 is 18.9. The van der Waals surface area contributed by atoms with Crippen LogP contribution in [-0.2, 0) is 0 Å². The average molecular weight is 424 g/mol. The summed E-state index contributed by atoms with van der Waals surface area (Å²) in [6.07, 6.45) is 0. The number of nitrogens with two attached hydrogens (primary N) is 1. The molecule has 2 heterocycles. The fourth-order valence-electron chi connectivity index (χ4n) is 3.67. The molecule has 2 atom stereocenters. The van der Waals surface area contributed by atoms with Gasteiger partial charge in [-0.25, -0.2) is 4.39 Å². The Morgan fingerprint density at radius 2 is 2.03 bits per heavy atom. The van der Waals surface area contributed by atoms with Gasteiger partial charge in [-0.15, -0.1) is 11.3 Å². The second kappa shape index (κ2) is 8.38. The zero-order valence-corrected chi connectivity index (χ0v) is 17.5. The first-order chi connectivity index (χ1) is 14.5. The molecule has 2 aromatic carbocycles. The molecule has 5 nitrogen and oxygen atoms in total. The summed E-state index contributed by atoms with van der Waals surface area (Å²) in [6, 6.07) is 14.5. The Bertz CT molecular complexity index is 1080. The van der Waals surface area contributed by atoms with Crippen LogP contribution in [0.25, 0.3) is 0 Å². The first-order valence-corrected chi connectivity index (χ1v) is 10.4. The number of carbonyl (C=O) groups excluding carboxylic acids is 1. The van der Waals surface area contributed by atoms with Crippen molar-refractivity contribution >= 4 is 28.5 Å². The van der Waals surface area contributed by atoms with Crippen molar-refractivity contribution < 1.29 is 13.9 Å². The van der Waals surface area contributed by atoms with E-state index in [2.05, 4.69) is 0 Å². The lowest BCUT2D eigenvalue weighted by Gasteiger charge is -2.32. The minimum Gasteiger partial charge on any atom is -0.497 e. The fourth-order valence-corrected chi connectivity index (χ4v) is 4.38. The maximum Gasteiger partial charge on any atom is 0.191 e. The van der Waals surface area contributed by atoms with Crippen molar-refractivity contribution in [2.24, 2.45) is 10.7 Å². The number of anilines is 1. The van der Waals surface area contributed by atoms with Crippen molar-refractivity contribution in [3.63, 3.8) is 0 Å². The molecule has 0 fully saturated rings. The molecule has 0 aliphatic carbocycles. The van der Waals surface area contributed by atoms with Gasteiger partial charge in [-0.2, -0.15) is 0 Å². The maximum absolute atomic E-state index is 13.5. The summed E-state index contributed by atoms with van der Waals surface area (Å²) in [4.78, 5) is 20.4. The highest BCUT2D eigenvalue weighted by Crippen LogP contribution is 2.32. The quantitative estimate of drug-likeness (QED) is 0.635. The third-order valence-electron chi connectivity index (χ3n) is 5.37. The molecule has 1 aliphatic rings. The van der Waals surface area contributed by atoms with E-state index in [0.29, 0.717) is 17.2 Å². The normalized spacial score (nSPS) is 17.0. The molecule has 30 heavy (non-hydrogen) atoms.